The molecule has 0 aromatic heterocycles. The van der Waals surface area contributed by atoms with Crippen LogP contribution in [0.5, 0.6) is 0 Å². The van der Waals surface area contributed by atoms with Crippen LogP contribution in [0.2, 0.25) is 0 Å². The summed E-state index contributed by atoms with van der Waals surface area (Å²) in [5.74, 6) is -0.856. The first-order valence-corrected chi connectivity index (χ1v) is 6.56. The van der Waals surface area contributed by atoms with Crippen LogP contribution in [0.15, 0.2) is 0 Å². The van der Waals surface area contributed by atoms with Crippen molar-refractivity contribution < 1.29 is 14.7 Å². The smallest absolute Gasteiger partial charge is 0.320 e. The van der Waals surface area contributed by atoms with E-state index in [1.807, 2.05) is 20.8 Å². The summed E-state index contributed by atoms with van der Waals surface area (Å²) in [6.45, 7) is 6.39. The van der Waals surface area contributed by atoms with Gasteiger partial charge in [0.2, 0.25) is 0 Å². The number of urea groups is 1. The lowest BCUT2D eigenvalue weighted by Gasteiger charge is -2.38. The maximum absolute atomic E-state index is 12.4. The predicted molar refractivity (Wildman–Crippen MR) is 69.5 cm³/mol. The fraction of sp³-hybridized carbons (Fsp3) is 0.846. The zero-order chi connectivity index (χ0) is 13.9. The third-order valence-electron chi connectivity index (χ3n) is 3.86. The number of carbonyl (C=O) groups excluding carboxylic acids is 1. The molecule has 0 heterocycles. The Balaban J connectivity index is 2.67. The number of hydrogen-bond donors (Lipinski definition) is 1. The maximum atomic E-state index is 12.4. The van der Waals surface area contributed by atoms with Gasteiger partial charge in [0.15, 0.2) is 0 Å². The van der Waals surface area contributed by atoms with E-state index >= 15 is 0 Å². The lowest BCUT2D eigenvalue weighted by atomic mass is 10.0. The fourth-order valence-electron chi connectivity index (χ4n) is 1.73. The Morgan fingerprint density at radius 1 is 1.33 bits per heavy atom. The highest BCUT2D eigenvalue weighted by Gasteiger charge is 2.37. The van der Waals surface area contributed by atoms with Gasteiger partial charge in [0, 0.05) is 25.2 Å². The van der Waals surface area contributed by atoms with Crippen LogP contribution in [0.4, 0.5) is 4.79 Å². The van der Waals surface area contributed by atoms with Gasteiger partial charge in [-0.1, -0.05) is 6.92 Å². The minimum atomic E-state index is -0.856. The van der Waals surface area contributed by atoms with Gasteiger partial charge in [0.25, 0.3) is 0 Å². The molecular weight excluding hydrogens is 232 g/mol. The molecular formula is C13H24N2O3. The summed E-state index contributed by atoms with van der Waals surface area (Å²) in [6, 6.07) is 0.192. The highest BCUT2D eigenvalue weighted by atomic mass is 16.4. The molecule has 0 spiro atoms. The molecule has 0 aromatic carbocycles. The second kappa shape index (κ2) is 5.59. The minimum Gasteiger partial charge on any atom is -0.481 e. The van der Waals surface area contributed by atoms with E-state index in [0.29, 0.717) is 6.54 Å². The first kappa shape index (κ1) is 14.8. The largest absolute Gasteiger partial charge is 0.481 e. The van der Waals surface area contributed by atoms with E-state index in [9.17, 15) is 9.59 Å². The minimum absolute atomic E-state index is 0.0165. The lowest BCUT2D eigenvalue weighted by Crippen LogP contribution is -2.51. The zero-order valence-electron chi connectivity index (χ0n) is 11.8. The van der Waals surface area contributed by atoms with Crippen molar-refractivity contribution in [1.29, 1.82) is 0 Å². The third-order valence-corrected chi connectivity index (χ3v) is 3.86. The average molecular weight is 256 g/mol. The first-order chi connectivity index (χ1) is 8.29. The number of rotatable bonds is 6. The molecule has 0 bridgehead atoms. The molecule has 1 aliphatic carbocycles. The first-order valence-electron chi connectivity index (χ1n) is 6.56. The normalized spacial score (nSPS) is 15.3. The standard InChI is InChI=1S/C13H24N2O3/c1-5-13(2,3)14(4)12(18)15(10-6-7-10)9-8-11(16)17/h10H,5-9H2,1-4H3,(H,16,17). The molecule has 5 nitrogen and oxygen atoms in total. The quantitative estimate of drug-likeness (QED) is 0.792. The Labute approximate surface area is 109 Å². The number of hydrogen-bond acceptors (Lipinski definition) is 2. The van der Waals surface area contributed by atoms with Crippen LogP contribution in [0, 0.1) is 0 Å². The molecule has 104 valence electrons. The molecule has 2 amide bonds. The van der Waals surface area contributed by atoms with E-state index in [1.54, 1.807) is 16.8 Å². The van der Waals surface area contributed by atoms with E-state index in [-0.39, 0.29) is 24.0 Å². The summed E-state index contributed by atoms with van der Waals surface area (Å²) in [5.41, 5.74) is -0.201. The Morgan fingerprint density at radius 2 is 1.89 bits per heavy atom. The van der Waals surface area contributed by atoms with Gasteiger partial charge in [-0.25, -0.2) is 4.79 Å². The molecule has 1 saturated carbocycles. The Kier molecular flexibility index (Phi) is 4.59. The molecule has 18 heavy (non-hydrogen) atoms. The molecule has 5 heteroatoms. The molecule has 0 unspecified atom stereocenters. The number of amides is 2. The van der Waals surface area contributed by atoms with Crippen LogP contribution in [-0.2, 0) is 4.79 Å². The van der Waals surface area contributed by atoms with Gasteiger partial charge in [-0.15, -0.1) is 0 Å². The van der Waals surface area contributed by atoms with Crippen LogP contribution in [0.25, 0.3) is 0 Å². The highest BCUT2D eigenvalue weighted by molar-refractivity contribution is 5.76. The Bertz CT molecular complexity index is 324. The van der Waals surface area contributed by atoms with Gasteiger partial charge in [0.05, 0.1) is 6.42 Å². The van der Waals surface area contributed by atoms with Gasteiger partial charge in [-0.05, 0) is 33.1 Å². The highest BCUT2D eigenvalue weighted by Crippen LogP contribution is 2.29. The Morgan fingerprint density at radius 3 is 2.28 bits per heavy atom. The van der Waals surface area contributed by atoms with Crippen molar-refractivity contribution in [3.63, 3.8) is 0 Å². The van der Waals surface area contributed by atoms with E-state index in [2.05, 4.69) is 0 Å². The van der Waals surface area contributed by atoms with E-state index in [0.717, 1.165) is 19.3 Å². The molecule has 1 N–H and O–H groups in total. The van der Waals surface area contributed by atoms with E-state index < -0.39 is 5.97 Å². The van der Waals surface area contributed by atoms with Crippen molar-refractivity contribution in [2.75, 3.05) is 13.6 Å². The molecule has 0 atom stereocenters. The topological polar surface area (TPSA) is 60.9 Å². The predicted octanol–water partition coefficient (Wildman–Crippen LogP) is 2.17. The second-order valence-electron chi connectivity index (χ2n) is 5.58. The molecule has 0 radical (unpaired) electrons. The second-order valence-corrected chi connectivity index (χ2v) is 5.58. The zero-order valence-corrected chi connectivity index (χ0v) is 11.8. The third kappa shape index (κ3) is 3.62. The average Bonchev–Trinajstić information content (AvgIpc) is 3.12. The molecule has 0 aliphatic heterocycles. The van der Waals surface area contributed by atoms with Crippen molar-refractivity contribution in [3.05, 3.63) is 0 Å². The van der Waals surface area contributed by atoms with Crippen molar-refractivity contribution in [2.45, 2.75) is 58.0 Å². The van der Waals surface area contributed by atoms with Crippen molar-refractivity contribution >= 4 is 12.0 Å². The van der Waals surface area contributed by atoms with Gasteiger partial charge in [0.1, 0.15) is 0 Å². The fourth-order valence-corrected chi connectivity index (χ4v) is 1.73. The van der Waals surface area contributed by atoms with Gasteiger partial charge < -0.3 is 14.9 Å². The monoisotopic (exact) mass is 256 g/mol. The lowest BCUT2D eigenvalue weighted by molar-refractivity contribution is -0.137. The number of carboxylic acid groups (broad SMARTS) is 1. The Hall–Kier alpha value is -1.26. The van der Waals surface area contributed by atoms with Crippen LogP contribution in [0.1, 0.15) is 46.5 Å². The van der Waals surface area contributed by atoms with Gasteiger partial charge >= 0.3 is 12.0 Å². The van der Waals surface area contributed by atoms with Crippen molar-refractivity contribution in [3.8, 4) is 0 Å². The number of aliphatic carboxylic acids is 1. The number of nitrogens with zero attached hydrogens (tertiary/aromatic N) is 2. The van der Waals surface area contributed by atoms with E-state index in [4.69, 9.17) is 5.11 Å². The van der Waals surface area contributed by atoms with Crippen molar-refractivity contribution in [2.24, 2.45) is 0 Å². The molecule has 0 saturated heterocycles. The van der Waals surface area contributed by atoms with Gasteiger partial charge in [-0.2, -0.15) is 0 Å². The summed E-state index contributed by atoms with van der Waals surface area (Å²) < 4.78 is 0. The van der Waals surface area contributed by atoms with Crippen LogP contribution < -0.4 is 0 Å². The number of carboxylic acids is 1. The van der Waals surface area contributed by atoms with E-state index in [1.165, 1.54) is 0 Å². The van der Waals surface area contributed by atoms with Gasteiger partial charge in [-0.3, -0.25) is 4.79 Å². The summed E-state index contributed by atoms with van der Waals surface area (Å²) in [6.07, 6.45) is 2.87. The molecule has 0 aromatic rings. The maximum Gasteiger partial charge on any atom is 0.320 e. The number of carbonyl (C=O) groups is 2. The summed E-state index contributed by atoms with van der Waals surface area (Å²) in [5, 5.41) is 8.74. The van der Waals surface area contributed by atoms with Crippen molar-refractivity contribution in [1.82, 2.24) is 9.80 Å². The molecule has 1 aliphatic rings. The van der Waals surface area contributed by atoms with Crippen LogP contribution >= 0.6 is 0 Å². The van der Waals surface area contributed by atoms with Crippen LogP contribution in [-0.4, -0.2) is 52.1 Å². The van der Waals surface area contributed by atoms with Crippen LogP contribution in [0.3, 0.4) is 0 Å². The summed E-state index contributed by atoms with van der Waals surface area (Å²) in [7, 11) is 1.79. The summed E-state index contributed by atoms with van der Waals surface area (Å²) in [4.78, 5) is 26.5. The SMILES string of the molecule is CCC(C)(C)N(C)C(=O)N(CCC(=O)O)C1CC1. The molecule has 1 fully saturated rings. The molecule has 1 rings (SSSR count). The summed E-state index contributed by atoms with van der Waals surface area (Å²) >= 11 is 0.